The molecule has 0 aliphatic rings. The van der Waals surface area contributed by atoms with Gasteiger partial charge in [-0.1, -0.05) is 36.4 Å². The zero-order chi connectivity index (χ0) is 22.8. The third kappa shape index (κ3) is 4.29. The van der Waals surface area contributed by atoms with Crippen molar-refractivity contribution in [2.45, 2.75) is 27.7 Å². The van der Waals surface area contributed by atoms with Gasteiger partial charge in [-0.25, -0.2) is 9.78 Å². The first-order chi connectivity index (χ1) is 15.3. The lowest BCUT2D eigenvalue weighted by molar-refractivity contribution is 0.262. The summed E-state index contributed by atoms with van der Waals surface area (Å²) in [7, 11) is 0. The molecule has 0 spiro atoms. The molecule has 4 rings (SSSR count). The minimum atomic E-state index is -0.430. The molecule has 2 aromatic carbocycles. The number of urea groups is 1. The van der Waals surface area contributed by atoms with Crippen LogP contribution >= 0.6 is 0 Å². The Balaban J connectivity index is 1.71. The monoisotopic (exact) mass is 428 g/mol. The van der Waals surface area contributed by atoms with Gasteiger partial charge in [-0.3, -0.25) is 15.1 Å². The third-order valence-electron chi connectivity index (χ3n) is 5.37. The number of aryl methyl sites for hydroxylation is 3. The van der Waals surface area contributed by atoms with Crippen molar-refractivity contribution >= 4 is 17.5 Å². The number of anilines is 2. The second-order valence-corrected chi connectivity index (χ2v) is 7.67. The van der Waals surface area contributed by atoms with Crippen LogP contribution in [0.15, 0.2) is 59.4 Å². The van der Waals surface area contributed by atoms with Gasteiger partial charge in [0.25, 0.3) is 5.56 Å². The van der Waals surface area contributed by atoms with Crippen LogP contribution in [0.2, 0.25) is 0 Å². The third-order valence-corrected chi connectivity index (χ3v) is 5.37. The van der Waals surface area contributed by atoms with Crippen molar-refractivity contribution in [2.24, 2.45) is 0 Å². The summed E-state index contributed by atoms with van der Waals surface area (Å²) >= 11 is 0. The number of rotatable bonds is 4. The van der Waals surface area contributed by atoms with E-state index in [0.29, 0.717) is 28.5 Å². The summed E-state index contributed by atoms with van der Waals surface area (Å²) in [4.78, 5) is 32.2. The van der Waals surface area contributed by atoms with Crippen LogP contribution < -0.4 is 16.2 Å². The van der Waals surface area contributed by atoms with Gasteiger partial charge in [0.15, 0.2) is 0 Å². The lowest BCUT2D eigenvalue weighted by Gasteiger charge is -2.11. The van der Waals surface area contributed by atoms with Gasteiger partial charge in [-0.15, -0.1) is 0 Å². The lowest BCUT2D eigenvalue weighted by Crippen LogP contribution is -2.23. The van der Waals surface area contributed by atoms with E-state index >= 15 is 0 Å². The van der Waals surface area contributed by atoms with Gasteiger partial charge >= 0.3 is 6.03 Å². The number of amides is 2. The van der Waals surface area contributed by atoms with E-state index in [1.165, 1.54) is 4.68 Å². The van der Waals surface area contributed by atoms with E-state index < -0.39 is 6.03 Å². The van der Waals surface area contributed by atoms with E-state index in [0.717, 1.165) is 16.7 Å². The Hall–Kier alpha value is -4.20. The van der Waals surface area contributed by atoms with Gasteiger partial charge in [0.2, 0.25) is 5.95 Å². The molecular formula is C24H24N6O2. The maximum Gasteiger partial charge on any atom is 0.324 e. The number of aromatic amines is 1. The highest BCUT2D eigenvalue weighted by Gasteiger charge is 2.16. The summed E-state index contributed by atoms with van der Waals surface area (Å²) in [5.41, 5.74) is 5.27. The first-order valence-electron chi connectivity index (χ1n) is 10.2. The highest BCUT2D eigenvalue weighted by Crippen LogP contribution is 2.24. The molecule has 0 bridgehead atoms. The van der Waals surface area contributed by atoms with Crippen molar-refractivity contribution in [3.63, 3.8) is 0 Å². The summed E-state index contributed by atoms with van der Waals surface area (Å²) in [5.74, 6) is 0.596. The molecule has 0 saturated heterocycles. The van der Waals surface area contributed by atoms with E-state index in [2.05, 4.69) is 25.7 Å². The number of aromatic nitrogens is 4. The molecule has 0 atom stereocenters. The molecule has 2 amide bonds. The van der Waals surface area contributed by atoms with E-state index in [-0.39, 0.29) is 11.5 Å². The van der Waals surface area contributed by atoms with E-state index in [9.17, 15) is 9.59 Å². The van der Waals surface area contributed by atoms with Crippen molar-refractivity contribution in [2.75, 3.05) is 10.6 Å². The van der Waals surface area contributed by atoms with Gasteiger partial charge in [0.05, 0.1) is 5.69 Å². The standard InChI is InChI=1S/C24H24N6O2/c1-14-10-11-19(12-15(14)2)26-24(32)27-21-13-20(18-8-6-5-7-9-18)29-30(21)23-25-17(4)16(3)22(31)28-23/h5-13H,1-4H3,(H,25,28,31)(H2,26,27,32). The van der Waals surface area contributed by atoms with Crippen molar-refractivity contribution in [3.05, 3.63) is 87.3 Å². The molecule has 0 unspecified atom stereocenters. The highest BCUT2D eigenvalue weighted by atomic mass is 16.2. The average Bonchev–Trinajstić information content (AvgIpc) is 3.18. The fraction of sp³-hybridized carbons (Fsp3) is 0.167. The Kier molecular flexibility index (Phi) is 5.59. The average molecular weight is 428 g/mol. The van der Waals surface area contributed by atoms with Crippen LogP contribution in [0.25, 0.3) is 17.2 Å². The lowest BCUT2D eigenvalue weighted by atomic mass is 10.1. The molecule has 3 N–H and O–H groups in total. The normalized spacial score (nSPS) is 10.8. The molecule has 0 aliphatic heterocycles. The number of hydrogen-bond donors (Lipinski definition) is 3. The SMILES string of the molecule is Cc1ccc(NC(=O)Nc2cc(-c3ccccc3)nn2-c2nc(C)c(C)c(=O)[nH]2)cc1C. The zero-order valence-corrected chi connectivity index (χ0v) is 18.4. The quantitative estimate of drug-likeness (QED) is 0.445. The summed E-state index contributed by atoms with van der Waals surface area (Å²) in [6, 6.07) is 16.6. The highest BCUT2D eigenvalue weighted by molar-refractivity contribution is 5.99. The summed E-state index contributed by atoms with van der Waals surface area (Å²) < 4.78 is 1.43. The Morgan fingerprint density at radius 2 is 1.69 bits per heavy atom. The molecule has 0 aliphatic carbocycles. The number of benzene rings is 2. The van der Waals surface area contributed by atoms with Crippen LogP contribution in [0.3, 0.4) is 0 Å². The number of nitrogens with one attached hydrogen (secondary N) is 3. The maximum absolute atomic E-state index is 12.7. The molecule has 2 aromatic heterocycles. The maximum atomic E-state index is 12.7. The van der Waals surface area contributed by atoms with Crippen LogP contribution in [0.1, 0.15) is 22.4 Å². The zero-order valence-electron chi connectivity index (χ0n) is 18.4. The van der Waals surface area contributed by atoms with E-state index in [1.807, 2.05) is 62.4 Å². The predicted octanol–water partition coefficient (Wildman–Crippen LogP) is 4.50. The second kappa shape index (κ2) is 8.50. The molecule has 2 heterocycles. The number of hydrogen-bond acceptors (Lipinski definition) is 4. The molecule has 0 saturated carbocycles. The van der Waals surface area contributed by atoms with Crippen molar-refractivity contribution < 1.29 is 4.79 Å². The smallest absolute Gasteiger partial charge is 0.308 e. The van der Waals surface area contributed by atoms with Crippen LogP contribution in [0, 0.1) is 27.7 Å². The van der Waals surface area contributed by atoms with Crippen molar-refractivity contribution in [3.8, 4) is 17.2 Å². The largest absolute Gasteiger partial charge is 0.324 e. The predicted molar refractivity (Wildman–Crippen MR) is 125 cm³/mol. The summed E-state index contributed by atoms with van der Waals surface area (Å²) in [6.45, 7) is 7.47. The molecular weight excluding hydrogens is 404 g/mol. The molecule has 8 heteroatoms. The minimum Gasteiger partial charge on any atom is -0.308 e. The van der Waals surface area contributed by atoms with E-state index in [1.54, 1.807) is 19.9 Å². The topological polar surface area (TPSA) is 105 Å². The Morgan fingerprint density at radius 1 is 0.938 bits per heavy atom. The minimum absolute atomic E-state index is 0.224. The van der Waals surface area contributed by atoms with Crippen LogP contribution in [0.5, 0.6) is 0 Å². The number of carbonyl (C=O) groups excluding carboxylic acids is 1. The Bertz CT molecular complexity index is 1350. The molecule has 32 heavy (non-hydrogen) atoms. The van der Waals surface area contributed by atoms with Gasteiger partial charge < -0.3 is 5.32 Å². The van der Waals surface area contributed by atoms with Crippen LogP contribution in [0.4, 0.5) is 16.3 Å². The van der Waals surface area contributed by atoms with Gasteiger partial charge in [-0.2, -0.15) is 9.78 Å². The van der Waals surface area contributed by atoms with Crippen LogP contribution in [-0.4, -0.2) is 25.8 Å². The van der Waals surface area contributed by atoms with Gasteiger partial charge in [0.1, 0.15) is 5.82 Å². The molecule has 8 nitrogen and oxygen atoms in total. The number of nitrogens with zero attached hydrogens (tertiary/aromatic N) is 3. The fourth-order valence-electron chi connectivity index (χ4n) is 3.21. The Morgan fingerprint density at radius 3 is 2.38 bits per heavy atom. The van der Waals surface area contributed by atoms with E-state index in [4.69, 9.17) is 0 Å². The molecule has 162 valence electrons. The molecule has 0 fully saturated rings. The summed E-state index contributed by atoms with van der Waals surface area (Å²) in [5, 5.41) is 10.2. The second-order valence-electron chi connectivity index (χ2n) is 7.67. The first kappa shape index (κ1) is 21.0. The first-order valence-corrected chi connectivity index (χ1v) is 10.2. The van der Waals surface area contributed by atoms with Gasteiger partial charge in [-0.05, 0) is 51.0 Å². The van der Waals surface area contributed by atoms with Crippen molar-refractivity contribution in [1.29, 1.82) is 0 Å². The van der Waals surface area contributed by atoms with Crippen LogP contribution in [-0.2, 0) is 0 Å². The Labute approximate surface area is 185 Å². The molecule has 0 radical (unpaired) electrons. The number of H-pyrrole nitrogens is 1. The van der Waals surface area contributed by atoms with Crippen molar-refractivity contribution in [1.82, 2.24) is 19.7 Å². The number of carbonyl (C=O) groups is 1. The van der Waals surface area contributed by atoms with Gasteiger partial charge in [0, 0.05) is 28.6 Å². The fourth-order valence-corrected chi connectivity index (χ4v) is 3.21. The molecule has 4 aromatic rings. The summed E-state index contributed by atoms with van der Waals surface area (Å²) in [6.07, 6.45) is 0.